The lowest BCUT2D eigenvalue weighted by Gasteiger charge is -2.17. The third-order valence-electron chi connectivity index (χ3n) is 2.79. The van der Waals surface area contributed by atoms with Gasteiger partial charge in [0.05, 0.1) is 0 Å². The Hall–Kier alpha value is -0.570. The molecule has 17 heavy (non-hydrogen) atoms. The quantitative estimate of drug-likeness (QED) is 0.720. The highest BCUT2D eigenvalue weighted by atomic mass is 35.5. The van der Waals surface area contributed by atoms with Crippen molar-refractivity contribution in [2.45, 2.75) is 32.2 Å². The first-order chi connectivity index (χ1) is 8.26. The summed E-state index contributed by atoms with van der Waals surface area (Å²) < 4.78 is 5.09. The van der Waals surface area contributed by atoms with Gasteiger partial charge in [0.15, 0.2) is 0 Å². The van der Waals surface area contributed by atoms with E-state index in [1.165, 1.54) is 5.56 Å². The lowest BCUT2D eigenvalue weighted by Crippen LogP contribution is -2.31. The van der Waals surface area contributed by atoms with Crippen LogP contribution in [0, 0.1) is 0 Å². The van der Waals surface area contributed by atoms with E-state index in [1.807, 2.05) is 12.1 Å². The van der Waals surface area contributed by atoms with Crippen LogP contribution in [0.5, 0.6) is 0 Å². The van der Waals surface area contributed by atoms with E-state index in [4.69, 9.17) is 16.3 Å². The van der Waals surface area contributed by atoms with Crippen LogP contribution in [-0.4, -0.2) is 26.3 Å². The zero-order valence-electron chi connectivity index (χ0n) is 10.7. The van der Waals surface area contributed by atoms with E-state index in [0.29, 0.717) is 6.04 Å². The highest BCUT2D eigenvalue weighted by Crippen LogP contribution is 2.12. The Morgan fingerprint density at radius 2 is 2.00 bits per heavy atom. The van der Waals surface area contributed by atoms with Crippen molar-refractivity contribution >= 4 is 11.6 Å². The molecule has 0 saturated heterocycles. The van der Waals surface area contributed by atoms with Crippen molar-refractivity contribution in [2.24, 2.45) is 0 Å². The van der Waals surface area contributed by atoms with Crippen molar-refractivity contribution in [1.29, 1.82) is 0 Å². The van der Waals surface area contributed by atoms with E-state index in [-0.39, 0.29) is 0 Å². The van der Waals surface area contributed by atoms with Gasteiger partial charge < -0.3 is 10.1 Å². The average molecular weight is 256 g/mol. The molecule has 3 heteroatoms. The molecule has 96 valence electrons. The van der Waals surface area contributed by atoms with Crippen LogP contribution in [0.4, 0.5) is 0 Å². The molecule has 1 N–H and O–H groups in total. The van der Waals surface area contributed by atoms with Gasteiger partial charge in [-0.2, -0.15) is 0 Å². The van der Waals surface area contributed by atoms with Crippen LogP contribution in [0.15, 0.2) is 24.3 Å². The number of ether oxygens (including phenoxy) is 1. The van der Waals surface area contributed by atoms with Crippen LogP contribution in [0.2, 0.25) is 5.02 Å². The molecule has 0 amide bonds. The van der Waals surface area contributed by atoms with Gasteiger partial charge in [0.25, 0.3) is 0 Å². The van der Waals surface area contributed by atoms with E-state index >= 15 is 0 Å². The normalized spacial score (nSPS) is 12.6. The fraction of sp³-hybridized carbons (Fsp3) is 0.571. The fourth-order valence-electron chi connectivity index (χ4n) is 1.94. The topological polar surface area (TPSA) is 21.3 Å². The third kappa shape index (κ3) is 6.06. The number of methoxy groups -OCH3 is 1. The molecule has 0 aliphatic heterocycles. The van der Waals surface area contributed by atoms with Crippen molar-refractivity contribution in [3.8, 4) is 0 Å². The molecule has 0 aromatic heterocycles. The SMILES string of the molecule is CCNC(CCCOC)Cc1ccc(Cl)cc1. The molecule has 0 aliphatic carbocycles. The summed E-state index contributed by atoms with van der Waals surface area (Å²) in [6, 6.07) is 8.63. The van der Waals surface area contributed by atoms with Gasteiger partial charge in [0, 0.05) is 24.8 Å². The van der Waals surface area contributed by atoms with E-state index in [2.05, 4.69) is 24.4 Å². The van der Waals surface area contributed by atoms with Gasteiger partial charge in [0.1, 0.15) is 0 Å². The van der Waals surface area contributed by atoms with Gasteiger partial charge >= 0.3 is 0 Å². The number of hydrogen-bond acceptors (Lipinski definition) is 2. The highest BCUT2D eigenvalue weighted by Gasteiger charge is 2.07. The van der Waals surface area contributed by atoms with E-state index in [9.17, 15) is 0 Å². The molecule has 1 rings (SSSR count). The van der Waals surface area contributed by atoms with Crippen LogP contribution < -0.4 is 5.32 Å². The summed E-state index contributed by atoms with van der Waals surface area (Å²) in [4.78, 5) is 0. The van der Waals surface area contributed by atoms with Gasteiger partial charge in [-0.15, -0.1) is 0 Å². The van der Waals surface area contributed by atoms with Crippen LogP contribution >= 0.6 is 11.6 Å². The standard InChI is InChI=1S/C14H22ClNO/c1-3-16-14(5-4-10-17-2)11-12-6-8-13(15)9-7-12/h6-9,14,16H,3-5,10-11H2,1-2H3. The average Bonchev–Trinajstić information content (AvgIpc) is 2.32. The predicted molar refractivity (Wildman–Crippen MR) is 73.7 cm³/mol. The van der Waals surface area contributed by atoms with Gasteiger partial charge in [-0.3, -0.25) is 0 Å². The minimum Gasteiger partial charge on any atom is -0.385 e. The summed E-state index contributed by atoms with van der Waals surface area (Å²) in [5.41, 5.74) is 1.33. The van der Waals surface area contributed by atoms with Gasteiger partial charge in [0.2, 0.25) is 0 Å². The molecule has 1 aromatic carbocycles. The summed E-state index contributed by atoms with van der Waals surface area (Å²) in [5.74, 6) is 0. The first-order valence-corrected chi connectivity index (χ1v) is 6.60. The molecule has 1 unspecified atom stereocenters. The van der Waals surface area contributed by atoms with Gasteiger partial charge in [-0.1, -0.05) is 30.7 Å². The number of hydrogen-bond donors (Lipinski definition) is 1. The number of likely N-dealkylation sites (N-methyl/N-ethyl adjacent to an activating group) is 1. The lowest BCUT2D eigenvalue weighted by atomic mass is 10.0. The summed E-state index contributed by atoms with van der Waals surface area (Å²) in [6.07, 6.45) is 3.29. The van der Waals surface area contributed by atoms with Gasteiger partial charge in [-0.25, -0.2) is 0 Å². The zero-order valence-corrected chi connectivity index (χ0v) is 11.5. The van der Waals surface area contributed by atoms with Crippen LogP contribution in [-0.2, 0) is 11.2 Å². The smallest absolute Gasteiger partial charge is 0.0462 e. The molecular weight excluding hydrogens is 234 g/mol. The highest BCUT2D eigenvalue weighted by molar-refractivity contribution is 6.30. The van der Waals surface area contributed by atoms with E-state index < -0.39 is 0 Å². The summed E-state index contributed by atoms with van der Waals surface area (Å²) >= 11 is 5.88. The van der Waals surface area contributed by atoms with Crippen molar-refractivity contribution in [1.82, 2.24) is 5.32 Å². The second kappa shape index (κ2) is 8.51. The first-order valence-electron chi connectivity index (χ1n) is 6.23. The second-order valence-corrected chi connectivity index (χ2v) is 4.66. The zero-order chi connectivity index (χ0) is 12.5. The number of benzene rings is 1. The monoisotopic (exact) mass is 255 g/mol. The molecule has 0 bridgehead atoms. The van der Waals surface area contributed by atoms with E-state index in [1.54, 1.807) is 7.11 Å². The van der Waals surface area contributed by atoms with Crippen molar-refractivity contribution < 1.29 is 4.74 Å². The molecule has 1 aromatic rings. The second-order valence-electron chi connectivity index (χ2n) is 4.22. The maximum absolute atomic E-state index is 5.88. The Bertz CT molecular complexity index is 300. The Labute approximate surface area is 109 Å². The summed E-state index contributed by atoms with van der Waals surface area (Å²) in [7, 11) is 1.75. The molecule has 1 atom stereocenters. The molecule has 0 heterocycles. The number of halogens is 1. The van der Waals surface area contributed by atoms with Crippen LogP contribution in [0.3, 0.4) is 0 Å². The third-order valence-corrected chi connectivity index (χ3v) is 3.04. The van der Waals surface area contributed by atoms with E-state index in [0.717, 1.165) is 37.4 Å². The van der Waals surface area contributed by atoms with Gasteiger partial charge in [-0.05, 0) is 43.5 Å². The van der Waals surface area contributed by atoms with Crippen LogP contribution in [0.25, 0.3) is 0 Å². The minimum atomic E-state index is 0.524. The molecule has 0 saturated carbocycles. The largest absolute Gasteiger partial charge is 0.385 e. The summed E-state index contributed by atoms with van der Waals surface area (Å²) in [6.45, 7) is 3.99. The maximum atomic E-state index is 5.88. The molecule has 0 spiro atoms. The lowest BCUT2D eigenvalue weighted by molar-refractivity contribution is 0.188. The molecular formula is C14H22ClNO. The Kier molecular flexibility index (Phi) is 7.25. The van der Waals surface area contributed by atoms with Crippen molar-refractivity contribution in [3.63, 3.8) is 0 Å². The number of rotatable bonds is 8. The summed E-state index contributed by atoms with van der Waals surface area (Å²) in [5, 5.41) is 4.32. The minimum absolute atomic E-state index is 0.524. The molecule has 0 fully saturated rings. The van der Waals surface area contributed by atoms with Crippen LogP contribution in [0.1, 0.15) is 25.3 Å². The van der Waals surface area contributed by atoms with Crippen molar-refractivity contribution in [3.05, 3.63) is 34.9 Å². The molecule has 0 radical (unpaired) electrons. The Morgan fingerprint density at radius 1 is 1.29 bits per heavy atom. The van der Waals surface area contributed by atoms with Crippen molar-refractivity contribution in [2.75, 3.05) is 20.3 Å². The number of nitrogens with one attached hydrogen (secondary N) is 1. The fourth-order valence-corrected chi connectivity index (χ4v) is 2.07. The predicted octanol–water partition coefficient (Wildman–Crippen LogP) is 3.29. The molecule has 2 nitrogen and oxygen atoms in total. The Morgan fingerprint density at radius 3 is 2.59 bits per heavy atom. The first kappa shape index (κ1) is 14.5. The maximum Gasteiger partial charge on any atom is 0.0462 e. The Balaban J connectivity index is 2.44. The molecule has 0 aliphatic rings.